The van der Waals surface area contributed by atoms with Crippen LogP contribution in [0, 0.1) is 6.92 Å². The highest BCUT2D eigenvalue weighted by atomic mass is 32.1. The average molecular weight is 764 g/mol. The van der Waals surface area contributed by atoms with Crippen LogP contribution in [-0.4, -0.2) is 37.1 Å². The summed E-state index contributed by atoms with van der Waals surface area (Å²) >= 11 is 1.77. The normalized spacial score (nSPS) is 11.9. The Kier molecular flexibility index (Phi) is 7.91. The van der Waals surface area contributed by atoms with E-state index in [-0.39, 0.29) is 0 Å². The summed E-state index contributed by atoms with van der Waals surface area (Å²) in [5.41, 5.74) is 10.2. The Morgan fingerprint density at radius 2 is 1.00 bits per heavy atom. The van der Waals surface area contributed by atoms with Gasteiger partial charge < -0.3 is 9.13 Å². The Labute approximate surface area is 337 Å². The zero-order valence-corrected chi connectivity index (χ0v) is 32.2. The van der Waals surface area contributed by atoms with E-state index in [0.29, 0.717) is 17.5 Å². The molecule has 0 aliphatic heterocycles. The van der Waals surface area contributed by atoms with Crippen molar-refractivity contribution < 1.29 is 0 Å². The minimum absolute atomic E-state index is 0.606. The van der Waals surface area contributed by atoms with Crippen LogP contribution < -0.4 is 0 Å². The van der Waals surface area contributed by atoms with Crippen molar-refractivity contribution in [2.24, 2.45) is 9.98 Å². The number of aryl methyl sites for hydroxylation is 1. The van der Waals surface area contributed by atoms with Gasteiger partial charge >= 0.3 is 0 Å². The van der Waals surface area contributed by atoms with Gasteiger partial charge in [-0.05, 0) is 50.0 Å². The van der Waals surface area contributed by atoms with Gasteiger partial charge in [-0.1, -0.05) is 127 Å². The first-order valence-electron chi connectivity index (χ1n) is 19.1. The number of aromatic nitrogens is 5. The van der Waals surface area contributed by atoms with E-state index >= 15 is 0 Å². The van der Waals surface area contributed by atoms with Crippen molar-refractivity contribution in [3.63, 3.8) is 0 Å². The summed E-state index contributed by atoms with van der Waals surface area (Å²) < 4.78 is 5.97. The van der Waals surface area contributed by atoms with Gasteiger partial charge in [0.1, 0.15) is 6.34 Å². The lowest BCUT2D eigenvalue weighted by molar-refractivity contribution is 1.07. The highest BCUT2D eigenvalue weighted by Gasteiger charge is 2.28. The van der Waals surface area contributed by atoms with Gasteiger partial charge in [-0.25, -0.2) is 19.9 Å². The van der Waals surface area contributed by atoms with Crippen LogP contribution in [0.5, 0.6) is 0 Å². The first kappa shape index (κ1) is 33.8. The molecule has 274 valence electrons. The monoisotopic (exact) mass is 763 g/mol. The molecule has 58 heavy (non-hydrogen) atoms. The second-order valence-corrected chi connectivity index (χ2v) is 15.4. The van der Waals surface area contributed by atoms with E-state index in [2.05, 4.69) is 131 Å². The second kappa shape index (κ2) is 13.6. The van der Waals surface area contributed by atoms with E-state index < -0.39 is 0 Å². The number of hydrogen-bond donors (Lipinski definition) is 0. The van der Waals surface area contributed by atoms with Gasteiger partial charge in [0.05, 0.1) is 32.5 Å². The smallest absolute Gasteiger partial charge is 0.164 e. The first-order valence-corrected chi connectivity index (χ1v) is 19.9. The third kappa shape index (κ3) is 5.23. The second-order valence-electron chi connectivity index (χ2n) is 14.2. The van der Waals surface area contributed by atoms with Crippen LogP contribution in [0.3, 0.4) is 0 Å². The number of rotatable bonds is 7. The molecule has 0 fully saturated rings. The summed E-state index contributed by atoms with van der Waals surface area (Å²) in [5, 5.41) is 5.82. The highest BCUT2D eigenvalue weighted by Crippen LogP contribution is 2.52. The minimum Gasteiger partial charge on any atom is -0.308 e. The Morgan fingerprint density at radius 3 is 1.60 bits per heavy atom. The Hall–Kier alpha value is -7.55. The molecular weight excluding hydrogens is 731 g/mol. The molecule has 0 unspecified atom stereocenters. The molecular formula is C50H33N7S. The molecule has 4 aromatic heterocycles. The summed E-state index contributed by atoms with van der Waals surface area (Å²) in [6.45, 7) is 5.87. The molecule has 11 aromatic rings. The van der Waals surface area contributed by atoms with Gasteiger partial charge in [-0.3, -0.25) is 4.99 Å². The van der Waals surface area contributed by atoms with Crippen molar-refractivity contribution in [2.45, 2.75) is 6.92 Å². The molecule has 0 amide bonds. The molecule has 7 nitrogen and oxygen atoms in total. The summed E-state index contributed by atoms with van der Waals surface area (Å²) in [4.78, 5) is 25.2. The molecule has 0 saturated carbocycles. The molecule has 0 aliphatic rings. The van der Waals surface area contributed by atoms with Gasteiger partial charge in [0, 0.05) is 59.9 Å². The van der Waals surface area contributed by atoms with Crippen LogP contribution in [0.2, 0.25) is 0 Å². The van der Waals surface area contributed by atoms with Crippen LogP contribution in [0.25, 0.3) is 99.2 Å². The van der Waals surface area contributed by atoms with E-state index in [1.807, 2.05) is 60.7 Å². The summed E-state index contributed by atoms with van der Waals surface area (Å²) in [7, 11) is 0. The fraction of sp³-hybridized carbons (Fsp3) is 0.0200. The van der Waals surface area contributed by atoms with Crippen molar-refractivity contribution in [1.29, 1.82) is 0 Å². The summed E-state index contributed by atoms with van der Waals surface area (Å²) in [5.74, 6) is 1.86. The fourth-order valence-corrected chi connectivity index (χ4v) is 9.59. The van der Waals surface area contributed by atoms with Gasteiger partial charge in [0.15, 0.2) is 17.5 Å². The molecule has 4 heterocycles. The number of thiophene rings is 1. The van der Waals surface area contributed by atoms with Gasteiger partial charge in [-0.15, -0.1) is 11.3 Å². The predicted molar refractivity (Wildman–Crippen MR) is 243 cm³/mol. The molecule has 0 N–H and O–H groups in total. The molecule has 0 bridgehead atoms. The van der Waals surface area contributed by atoms with Crippen molar-refractivity contribution in [2.75, 3.05) is 0 Å². The molecule has 0 spiro atoms. The molecule has 0 atom stereocenters. The molecule has 0 aliphatic carbocycles. The predicted octanol–water partition coefficient (Wildman–Crippen LogP) is 13.0. The largest absolute Gasteiger partial charge is 0.308 e. The SMILES string of the molecule is C=N/C=N\c1c(C)sc2c1c1c(c3ccccc3n1-c1ccccc1)c1c3ccccc3n(-c3cccc(-c4nc(-c5ccccc5)nc(-c5ccccc5)n4)c3)c21. The summed E-state index contributed by atoms with van der Waals surface area (Å²) in [6.07, 6.45) is 1.56. The highest BCUT2D eigenvalue weighted by molar-refractivity contribution is 7.21. The first-order chi connectivity index (χ1) is 28.7. The lowest BCUT2D eigenvalue weighted by Gasteiger charge is -2.13. The maximum Gasteiger partial charge on any atom is 0.164 e. The number of fused-ring (bicyclic) bond motifs is 10. The van der Waals surface area contributed by atoms with Crippen LogP contribution in [0.15, 0.2) is 174 Å². The Bertz CT molecular complexity index is 3360. The van der Waals surface area contributed by atoms with Crippen LogP contribution >= 0.6 is 11.3 Å². The number of aliphatic imine (C=N–C) groups is 2. The molecule has 11 rings (SSSR count). The van der Waals surface area contributed by atoms with Gasteiger partial charge in [-0.2, -0.15) is 0 Å². The zero-order valence-electron chi connectivity index (χ0n) is 31.4. The van der Waals surface area contributed by atoms with Crippen molar-refractivity contribution >= 4 is 83.8 Å². The minimum atomic E-state index is 0.606. The third-order valence-electron chi connectivity index (χ3n) is 10.8. The molecule has 8 heteroatoms. The zero-order chi connectivity index (χ0) is 38.7. The van der Waals surface area contributed by atoms with Crippen LogP contribution in [0.4, 0.5) is 5.69 Å². The van der Waals surface area contributed by atoms with E-state index in [0.717, 1.165) is 70.8 Å². The van der Waals surface area contributed by atoms with E-state index in [9.17, 15) is 0 Å². The lowest BCUT2D eigenvalue weighted by atomic mass is 10.0. The number of benzene rings is 7. The van der Waals surface area contributed by atoms with E-state index in [4.69, 9.17) is 19.9 Å². The number of hydrogen-bond acceptors (Lipinski definition) is 5. The molecule has 7 aromatic carbocycles. The number of nitrogens with zero attached hydrogens (tertiary/aromatic N) is 7. The Morgan fingerprint density at radius 1 is 0.517 bits per heavy atom. The fourth-order valence-electron chi connectivity index (χ4n) is 8.45. The van der Waals surface area contributed by atoms with Gasteiger partial charge in [0.2, 0.25) is 0 Å². The van der Waals surface area contributed by atoms with Crippen molar-refractivity contribution in [1.82, 2.24) is 24.1 Å². The van der Waals surface area contributed by atoms with Crippen LogP contribution in [-0.2, 0) is 0 Å². The number of para-hydroxylation sites is 3. The quantitative estimate of drug-likeness (QED) is 0.120. The topological polar surface area (TPSA) is 73.2 Å². The van der Waals surface area contributed by atoms with Crippen LogP contribution in [0.1, 0.15) is 4.88 Å². The summed E-state index contributed by atoms with van der Waals surface area (Å²) in [6, 6.07) is 56.8. The standard InChI is InChI=1S/C50H33N7S/c1-31-44(52-30-51-2)43-45-41(37-25-12-14-27-39(37)56(45)35-22-10-5-11-23-35)42-38-26-13-15-28-40(38)57(46(42)47(43)58-31)36-24-16-21-34(29-36)50-54-48(32-17-6-3-7-18-32)53-49(55-50)33-19-8-4-9-20-33/h3-30H,2H2,1H3/b52-30-. The molecule has 0 saturated heterocycles. The Balaban J connectivity index is 1.26. The molecule has 0 radical (unpaired) electrons. The lowest BCUT2D eigenvalue weighted by Crippen LogP contribution is -2.01. The average Bonchev–Trinajstić information content (AvgIpc) is 3.93. The van der Waals surface area contributed by atoms with Crippen molar-refractivity contribution in [3.8, 4) is 45.5 Å². The van der Waals surface area contributed by atoms with Gasteiger partial charge in [0.25, 0.3) is 0 Å². The van der Waals surface area contributed by atoms with E-state index in [1.54, 1.807) is 17.7 Å². The third-order valence-corrected chi connectivity index (χ3v) is 11.9. The maximum atomic E-state index is 5.08. The van der Waals surface area contributed by atoms with Crippen molar-refractivity contribution in [3.05, 3.63) is 169 Å². The maximum absolute atomic E-state index is 5.08. The van der Waals surface area contributed by atoms with E-state index in [1.165, 1.54) is 21.5 Å².